The maximum atomic E-state index is 11.9. The molecule has 0 aliphatic heterocycles. The summed E-state index contributed by atoms with van der Waals surface area (Å²) in [5.41, 5.74) is 0. The Kier molecular flexibility index (Phi) is 3.96. The van der Waals surface area contributed by atoms with Gasteiger partial charge in [-0.2, -0.15) is 0 Å². The Bertz CT molecular complexity index is 700. The lowest BCUT2D eigenvalue weighted by molar-refractivity contribution is 0.0919. The highest BCUT2D eigenvalue weighted by Gasteiger charge is 2.22. The van der Waals surface area contributed by atoms with Gasteiger partial charge in [0.15, 0.2) is 5.76 Å². The smallest absolute Gasteiger partial charge is 0.287 e. The zero-order valence-corrected chi connectivity index (χ0v) is 11.8. The van der Waals surface area contributed by atoms with E-state index in [0.29, 0.717) is 5.76 Å². The molecule has 2 aromatic heterocycles. The fraction of sp³-hybridized carbons (Fsp3) is 0.250. The molecule has 0 aromatic carbocycles. The first-order chi connectivity index (χ1) is 9.44. The second-order valence-electron chi connectivity index (χ2n) is 4.00. The van der Waals surface area contributed by atoms with E-state index < -0.39 is 15.9 Å². The highest BCUT2D eigenvalue weighted by Crippen LogP contribution is 2.19. The average molecular weight is 298 g/mol. The highest BCUT2D eigenvalue weighted by atomic mass is 32.2. The van der Waals surface area contributed by atoms with E-state index in [9.17, 15) is 13.2 Å². The van der Waals surface area contributed by atoms with Crippen molar-refractivity contribution in [1.82, 2.24) is 10.0 Å². The largest absolute Gasteiger partial charge is 0.467 e. The summed E-state index contributed by atoms with van der Waals surface area (Å²) in [6.45, 7) is 1.67. The first-order valence-corrected chi connectivity index (χ1v) is 7.27. The SMILES string of the molecule is CNS(=O)(=O)c1cc(C(=O)NCc2ccco2)oc1C. The molecular weight excluding hydrogens is 284 g/mol. The van der Waals surface area contributed by atoms with Crippen molar-refractivity contribution >= 4 is 15.9 Å². The molecular formula is C12H14N2O5S. The number of nitrogens with one attached hydrogen (secondary N) is 2. The van der Waals surface area contributed by atoms with Crippen LogP contribution >= 0.6 is 0 Å². The van der Waals surface area contributed by atoms with Crippen LogP contribution in [0.5, 0.6) is 0 Å². The van der Waals surface area contributed by atoms with E-state index in [4.69, 9.17) is 8.83 Å². The summed E-state index contributed by atoms with van der Waals surface area (Å²) in [5.74, 6) is 0.164. The van der Waals surface area contributed by atoms with E-state index in [1.807, 2.05) is 0 Å². The molecule has 0 spiro atoms. The molecule has 2 N–H and O–H groups in total. The third kappa shape index (κ3) is 2.91. The Hall–Kier alpha value is -2.06. The standard InChI is InChI=1S/C12H14N2O5S/c1-8-11(20(16,17)13-2)6-10(19-8)12(15)14-7-9-4-3-5-18-9/h3-6,13H,7H2,1-2H3,(H,14,15). The van der Waals surface area contributed by atoms with Crippen LogP contribution in [0.1, 0.15) is 22.1 Å². The van der Waals surface area contributed by atoms with Gasteiger partial charge in [-0.3, -0.25) is 4.79 Å². The van der Waals surface area contributed by atoms with Crippen LogP contribution < -0.4 is 10.0 Å². The van der Waals surface area contributed by atoms with Crippen molar-refractivity contribution in [2.75, 3.05) is 7.05 Å². The van der Waals surface area contributed by atoms with Crippen molar-refractivity contribution in [2.24, 2.45) is 0 Å². The van der Waals surface area contributed by atoms with Crippen molar-refractivity contribution < 1.29 is 22.0 Å². The van der Waals surface area contributed by atoms with Gasteiger partial charge in [0.25, 0.3) is 5.91 Å². The Balaban J connectivity index is 2.13. The molecule has 2 rings (SSSR count). The number of amides is 1. The summed E-state index contributed by atoms with van der Waals surface area (Å²) >= 11 is 0. The summed E-state index contributed by atoms with van der Waals surface area (Å²) in [4.78, 5) is 11.8. The van der Waals surface area contributed by atoms with Crippen LogP contribution in [-0.4, -0.2) is 21.4 Å². The second kappa shape index (κ2) is 5.51. The molecule has 0 saturated heterocycles. The van der Waals surface area contributed by atoms with Crippen molar-refractivity contribution in [2.45, 2.75) is 18.4 Å². The Morgan fingerprint density at radius 1 is 1.40 bits per heavy atom. The van der Waals surface area contributed by atoms with Crippen LogP contribution in [0.3, 0.4) is 0 Å². The molecule has 108 valence electrons. The van der Waals surface area contributed by atoms with Crippen LogP contribution in [0.2, 0.25) is 0 Å². The van der Waals surface area contributed by atoms with Gasteiger partial charge < -0.3 is 14.2 Å². The van der Waals surface area contributed by atoms with Gasteiger partial charge in [0.2, 0.25) is 10.0 Å². The van der Waals surface area contributed by atoms with Gasteiger partial charge in [-0.1, -0.05) is 0 Å². The number of hydrogen-bond acceptors (Lipinski definition) is 5. The molecule has 7 nitrogen and oxygen atoms in total. The Labute approximate surface area is 116 Å². The predicted molar refractivity (Wildman–Crippen MR) is 69.6 cm³/mol. The molecule has 2 heterocycles. The fourth-order valence-corrected chi connectivity index (χ4v) is 2.52. The minimum Gasteiger partial charge on any atom is -0.467 e. The number of rotatable bonds is 5. The fourth-order valence-electron chi connectivity index (χ4n) is 1.62. The molecule has 0 unspecified atom stereocenters. The third-order valence-corrected chi connectivity index (χ3v) is 4.18. The Morgan fingerprint density at radius 3 is 2.75 bits per heavy atom. The first kappa shape index (κ1) is 14.4. The lowest BCUT2D eigenvalue weighted by Gasteiger charge is -1.99. The topological polar surface area (TPSA) is 102 Å². The monoisotopic (exact) mass is 298 g/mol. The van der Waals surface area contributed by atoms with Gasteiger partial charge >= 0.3 is 0 Å². The lowest BCUT2D eigenvalue weighted by atomic mass is 10.4. The van der Waals surface area contributed by atoms with Gasteiger partial charge in [0.05, 0.1) is 12.8 Å². The molecule has 0 atom stereocenters. The molecule has 2 aromatic rings. The molecule has 8 heteroatoms. The van der Waals surface area contributed by atoms with Gasteiger partial charge in [0.1, 0.15) is 16.4 Å². The predicted octanol–water partition coefficient (Wildman–Crippen LogP) is 1.02. The summed E-state index contributed by atoms with van der Waals surface area (Å²) in [5, 5.41) is 2.57. The zero-order valence-electron chi connectivity index (χ0n) is 11.0. The maximum absolute atomic E-state index is 11.9. The zero-order chi connectivity index (χ0) is 14.8. The summed E-state index contributed by atoms with van der Waals surface area (Å²) in [7, 11) is -2.35. The van der Waals surface area contributed by atoms with E-state index >= 15 is 0 Å². The van der Waals surface area contributed by atoms with Crippen molar-refractivity contribution in [3.8, 4) is 0 Å². The van der Waals surface area contributed by atoms with E-state index in [1.165, 1.54) is 26.3 Å². The van der Waals surface area contributed by atoms with Crippen LogP contribution in [-0.2, 0) is 16.6 Å². The molecule has 1 amide bonds. The van der Waals surface area contributed by atoms with Crippen molar-refractivity contribution in [3.63, 3.8) is 0 Å². The number of carbonyl (C=O) groups is 1. The second-order valence-corrected chi connectivity index (χ2v) is 5.86. The van der Waals surface area contributed by atoms with Crippen LogP contribution in [0.25, 0.3) is 0 Å². The number of hydrogen-bond donors (Lipinski definition) is 2. The first-order valence-electron chi connectivity index (χ1n) is 5.78. The minimum atomic E-state index is -3.64. The maximum Gasteiger partial charge on any atom is 0.287 e. The molecule has 20 heavy (non-hydrogen) atoms. The van der Waals surface area contributed by atoms with Gasteiger partial charge in [-0.25, -0.2) is 13.1 Å². The summed E-state index contributed by atoms with van der Waals surface area (Å²) < 4.78 is 35.8. The van der Waals surface area contributed by atoms with E-state index in [2.05, 4.69) is 10.0 Å². The number of sulfonamides is 1. The summed E-state index contributed by atoms with van der Waals surface area (Å²) in [6.07, 6.45) is 1.50. The van der Waals surface area contributed by atoms with E-state index in [-0.39, 0.29) is 23.0 Å². The summed E-state index contributed by atoms with van der Waals surface area (Å²) in [6, 6.07) is 4.61. The van der Waals surface area contributed by atoms with E-state index in [1.54, 1.807) is 12.1 Å². The van der Waals surface area contributed by atoms with Crippen LogP contribution in [0.15, 0.2) is 38.2 Å². The molecule has 0 bridgehead atoms. The van der Waals surface area contributed by atoms with Gasteiger partial charge in [-0.15, -0.1) is 0 Å². The average Bonchev–Trinajstić information content (AvgIpc) is 3.05. The van der Waals surface area contributed by atoms with Crippen molar-refractivity contribution in [1.29, 1.82) is 0 Å². The molecule has 0 fully saturated rings. The Morgan fingerprint density at radius 2 is 2.15 bits per heavy atom. The number of carbonyl (C=O) groups excluding carboxylic acids is 1. The van der Waals surface area contributed by atoms with Gasteiger partial charge in [-0.05, 0) is 26.1 Å². The minimum absolute atomic E-state index is 0.0526. The number of aryl methyl sites for hydroxylation is 1. The van der Waals surface area contributed by atoms with Crippen LogP contribution in [0.4, 0.5) is 0 Å². The van der Waals surface area contributed by atoms with Gasteiger partial charge in [0, 0.05) is 6.07 Å². The van der Waals surface area contributed by atoms with Crippen LogP contribution in [0, 0.1) is 6.92 Å². The van der Waals surface area contributed by atoms with Crippen molar-refractivity contribution in [3.05, 3.63) is 41.7 Å². The third-order valence-electron chi connectivity index (χ3n) is 2.66. The number of furan rings is 2. The van der Waals surface area contributed by atoms with E-state index in [0.717, 1.165) is 0 Å². The molecule has 0 aliphatic rings. The normalized spacial score (nSPS) is 11.5. The molecule has 0 saturated carbocycles. The molecule has 0 radical (unpaired) electrons. The molecule has 0 aliphatic carbocycles. The lowest BCUT2D eigenvalue weighted by Crippen LogP contribution is -2.22. The quantitative estimate of drug-likeness (QED) is 0.858. The highest BCUT2D eigenvalue weighted by molar-refractivity contribution is 7.89.